The van der Waals surface area contributed by atoms with E-state index in [1.807, 2.05) is 6.92 Å². The molecule has 0 spiro atoms. The normalized spacial score (nSPS) is 14.0. The number of aryl methyl sites for hydroxylation is 1. The van der Waals surface area contributed by atoms with E-state index in [1.165, 1.54) is 0 Å². The maximum atomic E-state index is 8.39. The molecular formula is C9H17N5O2. The Kier molecular flexibility index (Phi) is 4.71. The summed E-state index contributed by atoms with van der Waals surface area (Å²) in [4.78, 5) is 4.08. The monoisotopic (exact) mass is 227 g/mol. The molecule has 7 heteroatoms. The van der Waals surface area contributed by atoms with Crippen LogP contribution < -0.4 is 11.1 Å². The number of hydrogen-bond donors (Lipinski definition) is 3. The molecule has 0 bridgehead atoms. The Morgan fingerprint density at radius 3 is 3.00 bits per heavy atom. The highest BCUT2D eigenvalue weighted by Gasteiger charge is 2.06. The molecule has 1 unspecified atom stereocenters. The molecule has 90 valence electrons. The van der Waals surface area contributed by atoms with E-state index < -0.39 is 0 Å². The zero-order valence-corrected chi connectivity index (χ0v) is 9.47. The van der Waals surface area contributed by atoms with Crippen molar-refractivity contribution in [3.05, 3.63) is 11.7 Å². The van der Waals surface area contributed by atoms with Crippen molar-refractivity contribution in [1.82, 2.24) is 15.5 Å². The minimum absolute atomic E-state index is 0.142. The minimum Gasteiger partial charge on any atom is -0.409 e. The van der Waals surface area contributed by atoms with Gasteiger partial charge in [0.05, 0.1) is 0 Å². The van der Waals surface area contributed by atoms with Crippen LogP contribution in [0.15, 0.2) is 9.68 Å². The van der Waals surface area contributed by atoms with Crippen LogP contribution in [-0.4, -0.2) is 33.8 Å². The van der Waals surface area contributed by atoms with Crippen molar-refractivity contribution < 1.29 is 9.73 Å². The third-order valence-electron chi connectivity index (χ3n) is 2.05. The summed E-state index contributed by atoms with van der Waals surface area (Å²) in [6.45, 7) is 4.43. The number of nitrogens with one attached hydrogen (secondary N) is 1. The standard InChI is InChI=1S/C9H17N5O2/c1-6(5-8(10)13-15)11-4-3-9-12-7(2)16-14-9/h6,11,15H,3-5H2,1-2H3,(H2,10,13). The van der Waals surface area contributed by atoms with Crippen LogP contribution >= 0.6 is 0 Å². The van der Waals surface area contributed by atoms with Gasteiger partial charge in [0.2, 0.25) is 5.89 Å². The lowest BCUT2D eigenvalue weighted by Crippen LogP contribution is -2.32. The summed E-state index contributed by atoms with van der Waals surface area (Å²) < 4.78 is 4.84. The fourth-order valence-corrected chi connectivity index (χ4v) is 1.30. The van der Waals surface area contributed by atoms with Crippen LogP contribution in [0.5, 0.6) is 0 Å². The van der Waals surface area contributed by atoms with E-state index in [0.29, 0.717) is 24.6 Å². The molecule has 0 saturated heterocycles. The van der Waals surface area contributed by atoms with Crippen molar-refractivity contribution in [3.8, 4) is 0 Å². The average Bonchev–Trinajstić information content (AvgIpc) is 2.64. The lowest BCUT2D eigenvalue weighted by molar-refractivity contribution is 0.316. The Bertz CT molecular complexity index is 349. The van der Waals surface area contributed by atoms with E-state index in [2.05, 4.69) is 20.6 Å². The summed E-state index contributed by atoms with van der Waals surface area (Å²) in [6, 6.07) is 0.142. The van der Waals surface area contributed by atoms with Gasteiger partial charge in [-0.1, -0.05) is 10.3 Å². The number of hydrogen-bond acceptors (Lipinski definition) is 6. The predicted octanol–water partition coefficient (Wildman–Crippen LogP) is 0.0351. The number of oxime groups is 1. The largest absolute Gasteiger partial charge is 0.409 e. The molecule has 0 aliphatic carbocycles. The Balaban J connectivity index is 2.20. The maximum Gasteiger partial charge on any atom is 0.223 e. The van der Waals surface area contributed by atoms with E-state index in [4.69, 9.17) is 15.5 Å². The summed E-state index contributed by atoms with van der Waals surface area (Å²) >= 11 is 0. The molecule has 0 aliphatic rings. The molecule has 0 fully saturated rings. The van der Waals surface area contributed by atoms with Gasteiger partial charge in [0, 0.05) is 32.4 Å². The number of aromatic nitrogens is 2. The number of nitrogens with zero attached hydrogens (tertiary/aromatic N) is 3. The molecule has 1 aromatic rings. The van der Waals surface area contributed by atoms with Gasteiger partial charge in [-0.2, -0.15) is 4.98 Å². The van der Waals surface area contributed by atoms with Crippen molar-refractivity contribution in [1.29, 1.82) is 0 Å². The second-order valence-electron chi connectivity index (χ2n) is 3.63. The molecule has 1 atom stereocenters. The lowest BCUT2D eigenvalue weighted by Gasteiger charge is -2.11. The van der Waals surface area contributed by atoms with Gasteiger partial charge in [0.1, 0.15) is 5.84 Å². The van der Waals surface area contributed by atoms with Crippen LogP contribution in [-0.2, 0) is 6.42 Å². The quantitative estimate of drug-likeness (QED) is 0.274. The van der Waals surface area contributed by atoms with Crippen molar-refractivity contribution in [2.24, 2.45) is 10.9 Å². The lowest BCUT2D eigenvalue weighted by atomic mass is 10.2. The van der Waals surface area contributed by atoms with Crippen LogP contribution in [0.25, 0.3) is 0 Å². The summed E-state index contributed by atoms with van der Waals surface area (Å²) in [5.41, 5.74) is 5.38. The SMILES string of the molecule is Cc1nc(CCNC(C)CC(N)=NO)no1. The first-order chi connectivity index (χ1) is 7.61. The first-order valence-electron chi connectivity index (χ1n) is 5.10. The Morgan fingerprint density at radius 2 is 2.44 bits per heavy atom. The van der Waals surface area contributed by atoms with Gasteiger partial charge < -0.3 is 20.8 Å². The highest BCUT2D eigenvalue weighted by Crippen LogP contribution is 1.96. The molecule has 0 amide bonds. The van der Waals surface area contributed by atoms with Crippen molar-refractivity contribution in [3.63, 3.8) is 0 Å². The van der Waals surface area contributed by atoms with E-state index in [1.54, 1.807) is 6.92 Å². The molecule has 1 aromatic heterocycles. The van der Waals surface area contributed by atoms with Gasteiger partial charge >= 0.3 is 0 Å². The van der Waals surface area contributed by atoms with Gasteiger partial charge in [0.15, 0.2) is 5.82 Å². The predicted molar refractivity (Wildman–Crippen MR) is 58.2 cm³/mol. The van der Waals surface area contributed by atoms with Crippen LogP contribution in [0, 0.1) is 6.92 Å². The maximum absolute atomic E-state index is 8.39. The molecule has 4 N–H and O–H groups in total. The number of amidine groups is 1. The molecule has 1 heterocycles. The van der Waals surface area contributed by atoms with Crippen LogP contribution in [0.4, 0.5) is 0 Å². The van der Waals surface area contributed by atoms with Gasteiger partial charge in [0.25, 0.3) is 0 Å². The molecule has 0 aliphatic heterocycles. The minimum atomic E-state index is 0.142. The van der Waals surface area contributed by atoms with Gasteiger partial charge in [-0.25, -0.2) is 0 Å². The molecule has 16 heavy (non-hydrogen) atoms. The van der Waals surface area contributed by atoms with Crippen molar-refractivity contribution >= 4 is 5.84 Å². The fourth-order valence-electron chi connectivity index (χ4n) is 1.30. The Hall–Kier alpha value is -1.63. The van der Waals surface area contributed by atoms with Gasteiger partial charge in [-0.15, -0.1) is 0 Å². The molecule has 0 aromatic carbocycles. The summed E-state index contributed by atoms with van der Waals surface area (Å²) in [6.07, 6.45) is 1.19. The Labute approximate surface area is 93.7 Å². The molecule has 0 saturated carbocycles. The first kappa shape index (κ1) is 12.4. The third kappa shape index (κ3) is 4.26. The highest BCUT2D eigenvalue weighted by atomic mass is 16.5. The van der Waals surface area contributed by atoms with E-state index >= 15 is 0 Å². The topological polar surface area (TPSA) is 110 Å². The van der Waals surface area contributed by atoms with E-state index in [0.717, 1.165) is 6.54 Å². The van der Waals surface area contributed by atoms with Crippen molar-refractivity contribution in [2.75, 3.05) is 6.54 Å². The summed E-state index contributed by atoms with van der Waals surface area (Å²) in [7, 11) is 0. The highest BCUT2D eigenvalue weighted by molar-refractivity contribution is 5.80. The molecule has 1 rings (SSSR count). The zero-order valence-electron chi connectivity index (χ0n) is 9.47. The van der Waals surface area contributed by atoms with Gasteiger partial charge in [-0.3, -0.25) is 0 Å². The summed E-state index contributed by atoms with van der Waals surface area (Å²) in [5.74, 6) is 1.47. The smallest absolute Gasteiger partial charge is 0.223 e. The average molecular weight is 227 g/mol. The van der Waals surface area contributed by atoms with E-state index in [9.17, 15) is 0 Å². The summed E-state index contributed by atoms with van der Waals surface area (Å²) in [5, 5.41) is 18.3. The van der Waals surface area contributed by atoms with Crippen molar-refractivity contribution in [2.45, 2.75) is 32.7 Å². The number of nitrogens with two attached hydrogens (primary N) is 1. The molecule has 7 nitrogen and oxygen atoms in total. The fraction of sp³-hybridized carbons (Fsp3) is 0.667. The first-order valence-corrected chi connectivity index (χ1v) is 5.10. The Morgan fingerprint density at radius 1 is 1.69 bits per heavy atom. The van der Waals surface area contributed by atoms with Crippen LogP contribution in [0.3, 0.4) is 0 Å². The molecule has 0 radical (unpaired) electrons. The van der Waals surface area contributed by atoms with Gasteiger partial charge in [-0.05, 0) is 6.92 Å². The molecular weight excluding hydrogens is 210 g/mol. The number of rotatable bonds is 6. The third-order valence-corrected chi connectivity index (χ3v) is 2.05. The van der Waals surface area contributed by atoms with Crippen LogP contribution in [0.2, 0.25) is 0 Å². The van der Waals surface area contributed by atoms with Crippen LogP contribution in [0.1, 0.15) is 25.1 Å². The van der Waals surface area contributed by atoms with E-state index in [-0.39, 0.29) is 11.9 Å². The zero-order chi connectivity index (χ0) is 12.0. The second-order valence-corrected chi connectivity index (χ2v) is 3.63. The second kappa shape index (κ2) is 6.06.